The van der Waals surface area contributed by atoms with E-state index >= 15 is 0 Å². The molecule has 0 aromatic rings. The lowest BCUT2D eigenvalue weighted by Crippen LogP contribution is -2.46. The fraction of sp³-hybridized carbons (Fsp3) is 1.00. The third-order valence-electron chi connectivity index (χ3n) is 3.77. The first-order valence-corrected chi connectivity index (χ1v) is 8.60. The molecule has 0 radical (unpaired) electrons. The molecule has 90 valence electrons. The second-order valence-electron chi connectivity index (χ2n) is 6.05. The van der Waals surface area contributed by atoms with E-state index in [1.54, 1.807) is 0 Å². The van der Waals surface area contributed by atoms with Crippen molar-refractivity contribution >= 4 is 8.32 Å². The number of rotatable bonds is 2. The second-order valence-corrected chi connectivity index (χ2v) is 10.8. The van der Waals surface area contributed by atoms with Gasteiger partial charge in [-0.15, -0.1) is 0 Å². The van der Waals surface area contributed by atoms with E-state index in [1.165, 1.54) is 0 Å². The van der Waals surface area contributed by atoms with Crippen LogP contribution in [0.4, 0.5) is 0 Å². The monoisotopic (exact) mass is 232 g/mol. The van der Waals surface area contributed by atoms with Crippen molar-refractivity contribution in [2.75, 3.05) is 0 Å². The van der Waals surface area contributed by atoms with E-state index in [4.69, 9.17) is 4.43 Å². The smallest absolute Gasteiger partial charge is 0.192 e. The number of hydrogen-bond donors (Lipinski definition) is 2. The van der Waals surface area contributed by atoms with Gasteiger partial charge in [0, 0.05) is 0 Å². The van der Waals surface area contributed by atoms with Gasteiger partial charge in [0.1, 0.15) is 6.10 Å². The average molecular weight is 232 g/mol. The molecule has 3 nitrogen and oxygen atoms in total. The molecule has 0 aromatic heterocycles. The molecule has 0 spiro atoms. The summed E-state index contributed by atoms with van der Waals surface area (Å²) in [5.74, 6) is 0. The van der Waals surface area contributed by atoms with Gasteiger partial charge in [-0.25, -0.2) is 0 Å². The summed E-state index contributed by atoms with van der Waals surface area (Å²) in [6.07, 6.45) is -0.0326. The molecule has 0 unspecified atom stereocenters. The van der Waals surface area contributed by atoms with Gasteiger partial charge >= 0.3 is 0 Å². The Bertz CT molecular complexity index is 222. The summed E-state index contributed by atoms with van der Waals surface area (Å²) in [7, 11) is -1.81. The highest BCUT2D eigenvalue weighted by Gasteiger charge is 2.43. The van der Waals surface area contributed by atoms with Crippen LogP contribution in [0.15, 0.2) is 0 Å². The summed E-state index contributed by atoms with van der Waals surface area (Å²) < 4.78 is 6.07. The van der Waals surface area contributed by atoms with E-state index in [-0.39, 0.29) is 11.1 Å². The molecule has 1 aliphatic rings. The normalized spacial score (nSPS) is 33.4. The molecule has 1 fully saturated rings. The number of aliphatic hydroxyl groups is 2. The van der Waals surface area contributed by atoms with Crippen LogP contribution in [0, 0.1) is 0 Å². The molecule has 3 atom stereocenters. The average Bonchev–Trinajstić information content (AvgIpc) is 2.33. The van der Waals surface area contributed by atoms with Gasteiger partial charge in [-0.05, 0) is 31.0 Å². The minimum absolute atomic E-state index is 0.153. The molecule has 0 aliphatic heterocycles. The van der Waals surface area contributed by atoms with Crippen LogP contribution in [-0.2, 0) is 4.43 Å². The zero-order chi connectivity index (χ0) is 11.9. The van der Waals surface area contributed by atoms with Crippen molar-refractivity contribution in [2.24, 2.45) is 0 Å². The highest BCUT2D eigenvalue weighted by molar-refractivity contribution is 6.74. The van der Waals surface area contributed by atoms with Gasteiger partial charge in [-0.2, -0.15) is 0 Å². The fourth-order valence-electron chi connectivity index (χ4n) is 1.61. The third kappa shape index (κ3) is 2.81. The lowest BCUT2D eigenvalue weighted by molar-refractivity contribution is -0.0133. The molecule has 0 saturated heterocycles. The molecule has 1 saturated carbocycles. The van der Waals surface area contributed by atoms with E-state index in [0.717, 1.165) is 6.42 Å². The second kappa shape index (κ2) is 4.16. The van der Waals surface area contributed by atoms with Crippen molar-refractivity contribution in [3.8, 4) is 0 Å². The Morgan fingerprint density at radius 1 is 1.13 bits per heavy atom. The van der Waals surface area contributed by atoms with E-state index in [0.29, 0.717) is 6.42 Å². The van der Waals surface area contributed by atoms with Crippen molar-refractivity contribution in [2.45, 2.75) is 70.1 Å². The van der Waals surface area contributed by atoms with Crippen LogP contribution in [0.2, 0.25) is 18.1 Å². The van der Waals surface area contributed by atoms with E-state index in [1.807, 2.05) is 0 Å². The Balaban J connectivity index is 2.62. The van der Waals surface area contributed by atoms with Crippen LogP contribution in [0.25, 0.3) is 0 Å². The molecular weight excluding hydrogens is 208 g/mol. The van der Waals surface area contributed by atoms with Gasteiger partial charge < -0.3 is 14.6 Å². The Hall–Kier alpha value is 0.0969. The first kappa shape index (κ1) is 13.2. The van der Waals surface area contributed by atoms with Crippen LogP contribution < -0.4 is 0 Å². The Labute approximate surface area is 93.6 Å². The predicted octanol–water partition coefficient (Wildman–Crippen LogP) is 1.89. The summed E-state index contributed by atoms with van der Waals surface area (Å²) in [6.45, 7) is 10.9. The van der Waals surface area contributed by atoms with Gasteiger partial charge in [0.05, 0.1) is 12.2 Å². The topological polar surface area (TPSA) is 49.7 Å². The molecule has 15 heavy (non-hydrogen) atoms. The van der Waals surface area contributed by atoms with Crippen molar-refractivity contribution in [1.29, 1.82) is 0 Å². The number of hydrogen-bond acceptors (Lipinski definition) is 3. The van der Waals surface area contributed by atoms with Gasteiger partial charge in [-0.3, -0.25) is 0 Å². The summed E-state index contributed by atoms with van der Waals surface area (Å²) in [6, 6.07) is 0. The third-order valence-corrected chi connectivity index (χ3v) is 8.28. The predicted molar refractivity (Wildman–Crippen MR) is 63.3 cm³/mol. The molecule has 1 rings (SSSR count). The quantitative estimate of drug-likeness (QED) is 0.715. The summed E-state index contributed by atoms with van der Waals surface area (Å²) in [5, 5.41) is 19.3. The van der Waals surface area contributed by atoms with E-state index in [2.05, 4.69) is 33.9 Å². The Kier molecular flexibility index (Phi) is 3.65. The highest BCUT2D eigenvalue weighted by atomic mass is 28.4. The highest BCUT2D eigenvalue weighted by Crippen LogP contribution is 2.39. The fourth-order valence-corrected chi connectivity index (χ4v) is 2.98. The zero-order valence-corrected chi connectivity index (χ0v) is 11.4. The van der Waals surface area contributed by atoms with Crippen LogP contribution in [0.5, 0.6) is 0 Å². The first-order valence-electron chi connectivity index (χ1n) is 5.69. The molecule has 1 aliphatic carbocycles. The van der Waals surface area contributed by atoms with Gasteiger partial charge in [0.2, 0.25) is 0 Å². The zero-order valence-electron chi connectivity index (χ0n) is 10.4. The summed E-state index contributed by atoms with van der Waals surface area (Å²) >= 11 is 0. The van der Waals surface area contributed by atoms with Gasteiger partial charge in [0.25, 0.3) is 0 Å². The standard InChI is InChI=1S/C11H24O3Si/c1-11(2,3)15(4,5)14-9-7-6-8(12)10(9)13/h8-10,12-13H,6-7H2,1-5H3/t8-,9-,10-/m0/s1. The molecule has 0 heterocycles. The maximum atomic E-state index is 9.73. The minimum Gasteiger partial charge on any atom is -0.411 e. The first-order chi connectivity index (χ1) is 6.65. The maximum absolute atomic E-state index is 9.73. The molecular formula is C11H24O3Si. The lowest BCUT2D eigenvalue weighted by atomic mass is 10.2. The van der Waals surface area contributed by atoms with E-state index in [9.17, 15) is 10.2 Å². The molecule has 0 amide bonds. The van der Waals surface area contributed by atoms with Crippen LogP contribution >= 0.6 is 0 Å². The molecule has 4 heteroatoms. The summed E-state index contributed by atoms with van der Waals surface area (Å²) in [5.41, 5.74) is 0. The van der Waals surface area contributed by atoms with Crippen LogP contribution in [0.3, 0.4) is 0 Å². The maximum Gasteiger partial charge on any atom is 0.192 e. The molecule has 0 bridgehead atoms. The minimum atomic E-state index is -1.81. The molecule has 0 aromatic carbocycles. The SMILES string of the molecule is CC(C)(C)[Si](C)(C)O[C@H]1CC[C@H](O)[C@@H]1O. The summed E-state index contributed by atoms with van der Waals surface area (Å²) in [4.78, 5) is 0. The Morgan fingerprint density at radius 3 is 2.00 bits per heavy atom. The molecule has 2 N–H and O–H groups in total. The van der Waals surface area contributed by atoms with Crippen molar-refractivity contribution < 1.29 is 14.6 Å². The van der Waals surface area contributed by atoms with Crippen LogP contribution in [-0.4, -0.2) is 36.8 Å². The van der Waals surface area contributed by atoms with Gasteiger partial charge in [0.15, 0.2) is 8.32 Å². The number of aliphatic hydroxyl groups excluding tert-OH is 2. The lowest BCUT2D eigenvalue weighted by Gasteiger charge is -2.39. The van der Waals surface area contributed by atoms with Crippen molar-refractivity contribution in [3.63, 3.8) is 0 Å². The Morgan fingerprint density at radius 2 is 1.67 bits per heavy atom. The van der Waals surface area contributed by atoms with Crippen molar-refractivity contribution in [1.82, 2.24) is 0 Å². The van der Waals surface area contributed by atoms with Crippen LogP contribution in [0.1, 0.15) is 33.6 Å². The van der Waals surface area contributed by atoms with Crippen molar-refractivity contribution in [3.05, 3.63) is 0 Å². The van der Waals surface area contributed by atoms with Gasteiger partial charge in [-0.1, -0.05) is 20.8 Å². The van der Waals surface area contributed by atoms with E-state index < -0.39 is 20.5 Å². The largest absolute Gasteiger partial charge is 0.411 e.